The van der Waals surface area contributed by atoms with Crippen LogP contribution in [0.1, 0.15) is 43.0 Å². The average molecular weight is 432 g/mol. The first-order chi connectivity index (χ1) is 14.5. The SMILES string of the molecule is CCOC(=O)C1=C(N2CCN(C(=O)c3ccsc3)CC2)C2CCCCC2N(C)C1=O. The smallest absolute Gasteiger partial charge is 0.345 e. The molecule has 4 rings (SSSR count). The molecule has 162 valence electrons. The number of hydrogen-bond acceptors (Lipinski definition) is 6. The molecule has 0 aromatic carbocycles. The van der Waals surface area contributed by atoms with Gasteiger partial charge in [0.2, 0.25) is 0 Å². The van der Waals surface area contributed by atoms with Crippen LogP contribution < -0.4 is 0 Å². The van der Waals surface area contributed by atoms with E-state index in [2.05, 4.69) is 4.90 Å². The molecule has 2 aliphatic heterocycles. The molecule has 2 unspecified atom stereocenters. The van der Waals surface area contributed by atoms with Gasteiger partial charge in [-0.25, -0.2) is 4.79 Å². The van der Waals surface area contributed by atoms with Gasteiger partial charge in [-0.05, 0) is 31.2 Å². The van der Waals surface area contributed by atoms with Gasteiger partial charge in [0.05, 0.1) is 12.2 Å². The summed E-state index contributed by atoms with van der Waals surface area (Å²) in [5.41, 5.74) is 1.77. The highest BCUT2D eigenvalue weighted by molar-refractivity contribution is 7.08. The Morgan fingerprint density at radius 3 is 2.57 bits per heavy atom. The van der Waals surface area contributed by atoms with Crippen LogP contribution in [0.25, 0.3) is 0 Å². The van der Waals surface area contributed by atoms with Crippen LogP contribution in [0.5, 0.6) is 0 Å². The van der Waals surface area contributed by atoms with Crippen molar-refractivity contribution in [3.8, 4) is 0 Å². The maximum Gasteiger partial charge on any atom is 0.345 e. The van der Waals surface area contributed by atoms with E-state index in [1.807, 2.05) is 21.7 Å². The molecule has 0 radical (unpaired) electrons. The van der Waals surface area contributed by atoms with Gasteiger partial charge in [0, 0.05) is 56.3 Å². The molecule has 0 bridgehead atoms. The van der Waals surface area contributed by atoms with Gasteiger partial charge < -0.3 is 19.4 Å². The van der Waals surface area contributed by atoms with Crippen molar-refractivity contribution in [1.82, 2.24) is 14.7 Å². The largest absolute Gasteiger partial charge is 0.462 e. The predicted octanol–water partition coefficient (Wildman–Crippen LogP) is 2.35. The summed E-state index contributed by atoms with van der Waals surface area (Å²) >= 11 is 1.52. The number of fused-ring (bicyclic) bond motifs is 1. The summed E-state index contributed by atoms with van der Waals surface area (Å²) in [5, 5.41) is 3.78. The van der Waals surface area contributed by atoms with Crippen LogP contribution >= 0.6 is 11.3 Å². The molecule has 0 N–H and O–H groups in total. The fourth-order valence-electron chi connectivity index (χ4n) is 5.02. The van der Waals surface area contributed by atoms with Crippen molar-refractivity contribution in [2.24, 2.45) is 5.92 Å². The van der Waals surface area contributed by atoms with E-state index in [9.17, 15) is 14.4 Å². The normalized spacial score (nSPS) is 24.7. The lowest BCUT2D eigenvalue weighted by molar-refractivity contribution is -0.144. The Bertz CT molecular complexity index is 843. The summed E-state index contributed by atoms with van der Waals surface area (Å²) in [5.74, 6) is -0.556. The minimum atomic E-state index is -0.523. The van der Waals surface area contributed by atoms with Crippen molar-refractivity contribution in [1.29, 1.82) is 0 Å². The van der Waals surface area contributed by atoms with E-state index >= 15 is 0 Å². The highest BCUT2D eigenvalue weighted by Crippen LogP contribution is 2.40. The summed E-state index contributed by atoms with van der Waals surface area (Å²) in [7, 11) is 1.80. The van der Waals surface area contributed by atoms with Crippen molar-refractivity contribution in [3.05, 3.63) is 33.7 Å². The number of esters is 1. The number of amides is 2. The van der Waals surface area contributed by atoms with Crippen molar-refractivity contribution in [3.63, 3.8) is 0 Å². The molecule has 1 saturated heterocycles. The molecule has 1 aromatic rings. The second-order valence-corrected chi connectivity index (χ2v) is 8.93. The van der Waals surface area contributed by atoms with Gasteiger partial charge in [0.15, 0.2) is 0 Å². The Morgan fingerprint density at radius 1 is 1.17 bits per heavy atom. The molecule has 2 atom stereocenters. The van der Waals surface area contributed by atoms with Crippen molar-refractivity contribution in [2.75, 3.05) is 39.8 Å². The van der Waals surface area contributed by atoms with Gasteiger partial charge in [-0.3, -0.25) is 9.59 Å². The van der Waals surface area contributed by atoms with E-state index in [0.29, 0.717) is 26.2 Å². The lowest BCUT2D eigenvalue weighted by Crippen LogP contribution is -2.56. The Kier molecular flexibility index (Phi) is 6.13. The van der Waals surface area contributed by atoms with Crippen LogP contribution in [-0.4, -0.2) is 78.4 Å². The second kappa shape index (κ2) is 8.79. The van der Waals surface area contributed by atoms with Gasteiger partial charge in [0.25, 0.3) is 11.8 Å². The number of rotatable bonds is 4. The summed E-state index contributed by atoms with van der Waals surface area (Å²) < 4.78 is 5.27. The summed E-state index contributed by atoms with van der Waals surface area (Å²) in [6.07, 6.45) is 4.13. The third-order valence-corrected chi connectivity index (χ3v) is 7.21. The van der Waals surface area contributed by atoms with Crippen molar-refractivity contribution >= 4 is 29.1 Å². The number of hydrogen-bond donors (Lipinski definition) is 0. The van der Waals surface area contributed by atoms with Crippen molar-refractivity contribution < 1.29 is 19.1 Å². The number of likely N-dealkylation sites (N-methyl/N-ethyl adjacent to an activating group) is 1. The molecule has 7 nitrogen and oxygen atoms in total. The van der Waals surface area contributed by atoms with E-state index < -0.39 is 5.97 Å². The van der Waals surface area contributed by atoms with Crippen LogP contribution in [0.15, 0.2) is 28.1 Å². The third-order valence-electron chi connectivity index (χ3n) is 6.52. The van der Waals surface area contributed by atoms with E-state index in [1.54, 1.807) is 18.9 Å². The lowest BCUT2D eigenvalue weighted by Gasteiger charge is -2.48. The Hall–Kier alpha value is -2.35. The molecule has 1 aliphatic carbocycles. The topological polar surface area (TPSA) is 70.2 Å². The number of thiophene rings is 1. The number of ether oxygens (including phenoxy) is 1. The van der Waals surface area contributed by atoms with Gasteiger partial charge in [-0.2, -0.15) is 11.3 Å². The highest BCUT2D eigenvalue weighted by atomic mass is 32.1. The molecular formula is C22H29N3O4S. The fraction of sp³-hybridized carbons (Fsp3) is 0.591. The zero-order valence-corrected chi connectivity index (χ0v) is 18.5. The molecule has 2 fully saturated rings. The molecular weight excluding hydrogens is 402 g/mol. The van der Waals surface area contributed by atoms with E-state index in [0.717, 1.165) is 36.9 Å². The highest BCUT2D eigenvalue weighted by Gasteiger charge is 2.46. The molecule has 0 spiro atoms. The number of carbonyl (C=O) groups excluding carboxylic acids is 3. The molecule has 8 heteroatoms. The van der Waals surface area contributed by atoms with Crippen LogP contribution in [0, 0.1) is 5.92 Å². The fourth-order valence-corrected chi connectivity index (χ4v) is 5.65. The Labute approximate surface area is 181 Å². The van der Waals surface area contributed by atoms with Gasteiger partial charge in [-0.1, -0.05) is 12.8 Å². The standard InChI is InChI=1S/C22H29N3O4S/c1-3-29-22(28)18-19(16-6-4-5-7-17(16)23(2)21(18)27)24-9-11-25(12-10-24)20(26)15-8-13-30-14-15/h8,13-14,16-17H,3-7,9-12H2,1-2H3. The molecule has 1 saturated carbocycles. The third kappa shape index (κ3) is 3.73. The first-order valence-electron chi connectivity index (χ1n) is 10.8. The molecule has 3 aliphatic rings. The van der Waals surface area contributed by atoms with E-state index in [-0.39, 0.29) is 36.0 Å². The molecule has 3 heterocycles. The summed E-state index contributed by atoms with van der Waals surface area (Å²) in [4.78, 5) is 44.4. The maximum atomic E-state index is 13.2. The van der Waals surface area contributed by atoms with E-state index in [4.69, 9.17) is 4.74 Å². The number of piperazine rings is 1. The quantitative estimate of drug-likeness (QED) is 0.541. The zero-order chi connectivity index (χ0) is 21.3. The van der Waals surface area contributed by atoms with Crippen molar-refractivity contribution in [2.45, 2.75) is 38.6 Å². The second-order valence-electron chi connectivity index (χ2n) is 8.15. The van der Waals surface area contributed by atoms with Gasteiger partial charge in [-0.15, -0.1) is 0 Å². The Balaban J connectivity index is 1.61. The minimum Gasteiger partial charge on any atom is -0.462 e. The number of nitrogens with zero attached hydrogens (tertiary/aromatic N) is 3. The van der Waals surface area contributed by atoms with E-state index in [1.165, 1.54) is 11.3 Å². The molecule has 1 aromatic heterocycles. The maximum absolute atomic E-state index is 13.2. The minimum absolute atomic E-state index is 0.0468. The first kappa shape index (κ1) is 20.9. The molecule has 30 heavy (non-hydrogen) atoms. The lowest BCUT2D eigenvalue weighted by atomic mass is 9.76. The summed E-state index contributed by atoms with van der Waals surface area (Å²) in [6, 6.07) is 1.98. The van der Waals surface area contributed by atoms with Crippen LogP contribution in [0.3, 0.4) is 0 Å². The zero-order valence-electron chi connectivity index (χ0n) is 17.6. The van der Waals surface area contributed by atoms with Crippen LogP contribution in [0.2, 0.25) is 0 Å². The molecule has 2 amide bonds. The van der Waals surface area contributed by atoms with Gasteiger partial charge in [0.1, 0.15) is 5.57 Å². The first-order valence-corrected chi connectivity index (χ1v) is 11.7. The van der Waals surface area contributed by atoms with Crippen LogP contribution in [-0.2, 0) is 14.3 Å². The van der Waals surface area contributed by atoms with Crippen LogP contribution in [0.4, 0.5) is 0 Å². The van der Waals surface area contributed by atoms with Gasteiger partial charge >= 0.3 is 5.97 Å². The average Bonchev–Trinajstić information content (AvgIpc) is 3.31. The monoisotopic (exact) mass is 431 g/mol. The number of carbonyl (C=O) groups is 3. The summed E-state index contributed by atoms with van der Waals surface area (Å²) in [6.45, 7) is 4.39. The Morgan fingerprint density at radius 2 is 1.90 bits per heavy atom. The predicted molar refractivity (Wildman–Crippen MR) is 114 cm³/mol.